The van der Waals surface area contributed by atoms with Crippen molar-refractivity contribution in [1.29, 1.82) is 0 Å². The van der Waals surface area contributed by atoms with E-state index in [1.165, 1.54) is 11.1 Å². The van der Waals surface area contributed by atoms with Gasteiger partial charge in [0.2, 0.25) is 0 Å². The van der Waals surface area contributed by atoms with Gasteiger partial charge in [-0.2, -0.15) is 0 Å². The van der Waals surface area contributed by atoms with Gasteiger partial charge in [0.05, 0.1) is 12.5 Å². The Hall–Kier alpha value is -1.85. The fourth-order valence-electron chi connectivity index (χ4n) is 2.64. The molecule has 0 radical (unpaired) electrons. The third kappa shape index (κ3) is 3.25. The van der Waals surface area contributed by atoms with Gasteiger partial charge in [-0.05, 0) is 24.1 Å². The SMILES string of the molecule is Cl.Cn1cncc1C(=O)NCC1NCCc2ccccc21. The first kappa shape index (κ1) is 15.5. The van der Waals surface area contributed by atoms with Crippen LogP contribution in [0.4, 0.5) is 0 Å². The molecule has 1 aliphatic heterocycles. The highest BCUT2D eigenvalue weighted by Crippen LogP contribution is 2.21. The van der Waals surface area contributed by atoms with Crippen molar-refractivity contribution in [2.75, 3.05) is 13.1 Å². The van der Waals surface area contributed by atoms with Gasteiger partial charge in [0, 0.05) is 19.6 Å². The van der Waals surface area contributed by atoms with E-state index in [2.05, 4.69) is 33.8 Å². The van der Waals surface area contributed by atoms with E-state index in [0.717, 1.165) is 13.0 Å². The number of hydrogen-bond acceptors (Lipinski definition) is 3. The minimum absolute atomic E-state index is 0. The highest BCUT2D eigenvalue weighted by Gasteiger charge is 2.20. The first-order chi connectivity index (χ1) is 9.75. The molecule has 3 rings (SSSR count). The lowest BCUT2D eigenvalue weighted by atomic mass is 9.94. The van der Waals surface area contributed by atoms with Gasteiger partial charge in [-0.15, -0.1) is 12.4 Å². The summed E-state index contributed by atoms with van der Waals surface area (Å²) in [6.45, 7) is 1.53. The normalized spacial score (nSPS) is 16.7. The predicted molar refractivity (Wildman–Crippen MR) is 83.7 cm³/mol. The zero-order valence-electron chi connectivity index (χ0n) is 11.9. The third-order valence-electron chi connectivity index (χ3n) is 3.73. The molecule has 6 heteroatoms. The van der Waals surface area contributed by atoms with Crippen molar-refractivity contribution >= 4 is 18.3 Å². The monoisotopic (exact) mass is 306 g/mol. The van der Waals surface area contributed by atoms with Crippen LogP contribution in [-0.2, 0) is 13.5 Å². The number of halogens is 1. The van der Waals surface area contributed by atoms with Crippen LogP contribution >= 0.6 is 12.4 Å². The van der Waals surface area contributed by atoms with Crippen LogP contribution in [0, 0.1) is 0 Å². The Morgan fingerprint density at radius 1 is 1.48 bits per heavy atom. The standard InChI is InChI=1S/C15H18N4O.ClH/c1-19-10-16-9-14(19)15(20)18-8-13-12-5-3-2-4-11(12)6-7-17-13;/h2-5,9-10,13,17H,6-8H2,1H3,(H,18,20);1H. The number of aromatic nitrogens is 2. The van der Waals surface area contributed by atoms with Crippen LogP contribution in [0.5, 0.6) is 0 Å². The molecular formula is C15H19ClN4O. The van der Waals surface area contributed by atoms with Crippen molar-refractivity contribution in [2.24, 2.45) is 7.05 Å². The number of amides is 1. The quantitative estimate of drug-likeness (QED) is 0.902. The Morgan fingerprint density at radius 2 is 2.29 bits per heavy atom. The van der Waals surface area contributed by atoms with E-state index in [1.54, 1.807) is 17.1 Å². The predicted octanol–water partition coefficient (Wildman–Crippen LogP) is 1.46. The fraction of sp³-hybridized carbons (Fsp3) is 0.333. The van der Waals surface area contributed by atoms with Crippen molar-refractivity contribution in [3.63, 3.8) is 0 Å². The van der Waals surface area contributed by atoms with Crippen LogP contribution in [-0.4, -0.2) is 28.5 Å². The smallest absolute Gasteiger partial charge is 0.269 e. The molecule has 1 aliphatic rings. The average Bonchev–Trinajstić information content (AvgIpc) is 2.91. The molecule has 0 spiro atoms. The topological polar surface area (TPSA) is 59.0 Å². The minimum atomic E-state index is -0.0881. The molecule has 0 fully saturated rings. The van der Waals surface area contributed by atoms with Crippen LogP contribution in [0.2, 0.25) is 0 Å². The maximum Gasteiger partial charge on any atom is 0.269 e. The van der Waals surface area contributed by atoms with Gasteiger partial charge in [0.25, 0.3) is 5.91 Å². The van der Waals surface area contributed by atoms with Gasteiger partial charge < -0.3 is 15.2 Å². The van der Waals surface area contributed by atoms with Crippen molar-refractivity contribution in [3.05, 3.63) is 53.6 Å². The van der Waals surface area contributed by atoms with E-state index in [0.29, 0.717) is 12.2 Å². The summed E-state index contributed by atoms with van der Waals surface area (Å²) in [4.78, 5) is 16.0. The summed E-state index contributed by atoms with van der Waals surface area (Å²) in [5, 5.41) is 6.43. The van der Waals surface area contributed by atoms with Crippen LogP contribution in [0.1, 0.15) is 27.7 Å². The second-order valence-corrected chi connectivity index (χ2v) is 5.06. The van der Waals surface area contributed by atoms with Crippen LogP contribution < -0.4 is 10.6 Å². The maximum absolute atomic E-state index is 12.1. The summed E-state index contributed by atoms with van der Waals surface area (Å²) in [5.74, 6) is -0.0881. The van der Waals surface area contributed by atoms with Crippen molar-refractivity contribution < 1.29 is 4.79 Å². The van der Waals surface area contributed by atoms with Crippen LogP contribution in [0.3, 0.4) is 0 Å². The van der Waals surface area contributed by atoms with Gasteiger partial charge >= 0.3 is 0 Å². The van der Waals surface area contributed by atoms with Crippen LogP contribution in [0.25, 0.3) is 0 Å². The summed E-state index contributed by atoms with van der Waals surface area (Å²) in [5.41, 5.74) is 3.23. The molecular weight excluding hydrogens is 288 g/mol. The minimum Gasteiger partial charge on any atom is -0.349 e. The number of rotatable bonds is 3. The molecule has 1 amide bonds. The molecule has 2 heterocycles. The van der Waals surface area contributed by atoms with Gasteiger partial charge in [-0.1, -0.05) is 24.3 Å². The number of carbonyl (C=O) groups is 1. The fourth-order valence-corrected chi connectivity index (χ4v) is 2.64. The van der Waals surface area contributed by atoms with Crippen LogP contribution in [0.15, 0.2) is 36.8 Å². The maximum atomic E-state index is 12.1. The molecule has 1 atom stereocenters. The lowest BCUT2D eigenvalue weighted by molar-refractivity contribution is 0.0941. The van der Waals surface area contributed by atoms with Gasteiger partial charge in [-0.3, -0.25) is 4.79 Å². The molecule has 5 nitrogen and oxygen atoms in total. The number of nitrogens with one attached hydrogen (secondary N) is 2. The van der Waals surface area contributed by atoms with E-state index < -0.39 is 0 Å². The summed E-state index contributed by atoms with van der Waals surface area (Å²) in [6, 6.07) is 8.57. The Bertz CT molecular complexity index is 626. The second kappa shape index (κ2) is 6.74. The Morgan fingerprint density at radius 3 is 3.05 bits per heavy atom. The third-order valence-corrected chi connectivity index (χ3v) is 3.73. The molecule has 1 aromatic heterocycles. The number of nitrogens with zero attached hydrogens (tertiary/aromatic N) is 2. The highest BCUT2D eigenvalue weighted by atomic mass is 35.5. The second-order valence-electron chi connectivity index (χ2n) is 5.06. The number of hydrogen-bond donors (Lipinski definition) is 2. The van der Waals surface area contributed by atoms with Gasteiger partial charge in [0.15, 0.2) is 0 Å². The summed E-state index contributed by atoms with van der Waals surface area (Å²) < 4.78 is 1.72. The highest BCUT2D eigenvalue weighted by molar-refractivity contribution is 5.92. The molecule has 21 heavy (non-hydrogen) atoms. The van der Waals surface area contributed by atoms with E-state index in [9.17, 15) is 4.79 Å². The largest absolute Gasteiger partial charge is 0.349 e. The number of imidazole rings is 1. The molecule has 2 aromatic rings. The first-order valence-electron chi connectivity index (χ1n) is 6.81. The molecule has 1 aromatic carbocycles. The van der Waals surface area contributed by atoms with Gasteiger partial charge in [0.1, 0.15) is 5.69 Å². The molecule has 2 N–H and O–H groups in total. The zero-order chi connectivity index (χ0) is 13.9. The summed E-state index contributed by atoms with van der Waals surface area (Å²) in [6.07, 6.45) is 4.25. The van der Waals surface area contributed by atoms with Gasteiger partial charge in [-0.25, -0.2) is 4.98 Å². The average molecular weight is 307 g/mol. The zero-order valence-corrected chi connectivity index (χ0v) is 12.7. The number of aryl methyl sites for hydroxylation is 1. The molecule has 0 bridgehead atoms. The molecule has 112 valence electrons. The number of benzene rings is 1. The van der Waals surface area contributed by atoms with E-state index in [1.807, 2.05) is 13.1 Å². The van der Waals surface area contributed by atoms with Crippen molar-refractivity contribution in [3.8, 4) is 0 Å². The Labute approximate surface area is 130 Å². The summed E-state index contributed by atoms with van der Waals surface area (Å²) >= 11 is 0. The van der Waals surface area contributed by atoms with Crippen molar-refractivity contribution in [1.82, 2.24) is 20.2 Å². The molecule has 1 unspecified atom stereocenters. The Balaban J connectivity index is 0.00000161. The lowest BCUT2D eigenvalue weighted by Gasteiger charge is -2.27. The molecule has 0 saturated carbocycles. The van der Waals surface area contributed by atoms with E-state index >= 15 is 0 Å². The first-order valence-corrected chi connectivity index (χ1v) is 6.81. The summed E-state index contributed by atoms with van der Waals surface area (Å²) in [7, 11) is 1.82. The molecule has 0 aliphatic carbocycles. The number of fused-ring (bicyclic) bond motifs is 1. The van der Waals surface area contributed by atoms with Crippen molar-refractivity contribution in [2.45, 2.75) is 12.5 Å². The number of carbonyl (C=O) groups excluding carboxylic acids is 1. The van der Waals surface area contributed by atoms with E-state index in [4.69, 9.17) is 0 Å². The Kier molecular flexibility index (Phi) is 4.98. The lowest BCUT2D eigenvalue weighted by Crippen LogP contribution is -2.39. The molecule has 0 saturated heterocycles. The van der Waals surface area contributed by atoms with E-state index in [-0.39, 0.29) is 24.4 Å².